The molecule has 1 heterocycles. The maximum Gasteiger partial charge on any atom is 0.425 e. The summed E-state index contributed by atoms with van der Waals surface area (Å²) in [7, 11) is 1.29. The number of aliphatic hydroxyl groups is 1. The van der Waals surface area contributed by atoms with Gasteiger partial charge < -0.3 is 9.67 Å². The SMILES string of the molecule is CCONC(=O)C[C@](O)(c1nccn1C)C(F)(F)F. The van der Waals surface area contributed by atoms with Crippen molar-refractivity contribution in [2.75, 3.05) is 6.61 Å². The van der Waals surface area contributed by atoms with Crippen molar-refractivity contribution in [3.63, 3.8) is 0 Å². The van der Waals surface area contributed by atoms with Crippen LogP contribution in [-0.4, -0.2) is 33.3 Å². The van der Waals surface area contributed by atoms with Gasteiger partial charge in [0.2, 0.25) is 11.5 Å². The molecule has 2 N–H and O–H groups in total. The Morgan fingerprint density at radius 1 is 1.58 bits per heavy atom. The summed E-state index contributed by atoms with van der Waals surface area (Å²) in [6.45, 7) is 1.65. The highest BCUT2D eigenvalue weighted by Gasteiger charge is 2.58. The van der Waals surface area contributed by atoms with Crippen molar-refractivity contribution in [2.24, 2.45) is 7.05 Å². The van der Waals surface area contributed by atoms with E-state index in [0.29, 0.717) is 0 Å². The number of nitrogens with one attached hydrogen (secondary N) is 1. The summed E-state index contributed by atoms with van der Waals surface area (Å²) in [5.41, 5.74) is -1.56. The van der Waals surface area contributed by atoms with Gasteiger partial charge in [-0.05, 0) is 6.92 Å². The minimum absolute atomic E-state index is 0.0958. The Hall–Kier alpha value is -1.61. The molecule has 1 amide bonds. The second kappa shape index (κ2) is 5.57. The average Bonchev–Trinajstić information content (AvgIpc) is 2.71. The van der Waals surface area contributed by atoms with Crippen LogP contribution < -0.4 is 5.48 Å². The fourth-order valence-electron chi connectivity index (χ4n) is 1.49. The number of imidazole rings is 1. The van der Waals surface area contributed by atoms with Gasteiger partial charge in [0, 0.05) is 19.4 Å². The van der Waals surface area contributed by atoms with E-state index in [1.165, 1.54) is 13.2 Å². The van der Waals surface area contributed by atoms with E-state index in [2.05, 4.69) is 9.82 Å². The first-order valence-corrected chi connectivity index (χ1v) is 5.40. The maximum absolute atomic E-state index is 13.0. The van der Waals surface area contributed by atoms with Crippen molar-refractivity contribution >= 4 is 5.91 Å². The summed E-state index contributed by atoms with van der Waals surface area (Å²) in [6.07, 6.45) is -3.93. The number of alkyl halides is 3. The van der Waals surface area contributed by atoms with E-state index in [0.717, 1.165) is 10.8 Å². The van der Waals surface area contributed by atoms with E-state index in [1.54, 1.807) is 12.4 Å². The zero-order valence-electron chi connectivity index (χ0n) is 10.4. The summed E-state index contributed by atoms with van der Waals surface area (Å²) >= 11 is 0. The number of aryl methyl sites for hydroxylation is 1. The predicted octanol–water partition coefficient (Wildman–Crippen LogP) is 0.628. The van der Waals surface area contributed by atoms with Crippen LogP contribution in [0.1, 0.15) is 19.2 Å². The van der Waals surface area contributed by atoms with Gasteiger partial charge in [0.25, 0.3) is 0 Å². The molecule has 0 aliphatic carbocycles. The summed E-state index contributed by atoms with van der Waals surface area (Å²) in [5.74, 6) is -1.75. The third kappa shape index (κ3) is 3.24. The molecule has 1 atom stereocenters. The summed E-state index contributed by atoms with van der Waals surface area (Å²) in [4.78, 5) is 19.3. The zero-order valence-corrected chi connectivity index (χ0v) is 10.4. The Morgan fingerprint density at radius 3 is 2.63 bits per heavy atom. The van der Waals surface area contributed by atoms with E-state index in [4.69, 9.17) is 0 Å². The number of aromatic nitrogens is 2. The quantitative estimate of drug-likeness (QED) is 0.776. The number of carbonyl (C=O) groups is 1. The predicted molar refractivity (Wildman–Crippen MR) is 57.5 cm³/mol. The Kier molecular flexibility index (Phi) is 4.53. The standard InChI is InChI=1S/C10H14F3N3O3/c1-3-19-15-7(17)6-9(18,10(11,12)13)8-14-4-5-16(8)2/h4-5,18H,3,6H2,1-2H3,(H,15,17)/t9-/m0/s1. The minimum atomic E-state index is -5.05. The van der Waals surface area contributed by atoms with Gasteiger partial charge in [-0.2, -0.15) is 13.2 Å². The van der Waals surface area contributed by atoms with Gasteiger partial charge in [0.05, 0.1) is 13.0 Å². The molecule has 0 radical (unpaired) electrons. The van der Waals surface area contributed by atoms with Crippen LogP contribution in [0.25, 0.3) is 0 Å². The number of rotatable bonds is 5. The minimum Gasteiger partial charge on any atom is -0.374 e. The van der Waals surface area contributed by atoms with Crippen LogP contribution in [0.15, 0.2) is 12.4 Å². The van der Waals surface area contributed by atoms with Crippen molar-refractivity contribution in [3.05, 3.63) is 18.2 Å². The monoisotopic (exact) mass is 281 g/mol. The van der Waals surface area contributed by atoms with Crippen LogP contribution in [0.3, 0.4) is 0 Å². The van der Waals surface area contributed by atoms with Gasteiger partial charge in [0.1, 0.15) is 0 Å². The number of hydroxylamine groups is 1. The fourth-order valence-corrected chi connectivity index (χ4v) is 1.49. The molecule has 0 aromatic carbocycles. The molecule has 0 saturated carbocycles. The molecule has 1 rings (SSSR count). The van der Waals surface area contributed by atoms with Crippen molar-refractivity contribution in [1.82, 2.24) is 15.0 Å². The summed E-state index contributed by atoms with van der Waals surface area (Å²) in [5, 5.41) is 9.83. The highest BCUT2D eigenvalue weighted by atomic mass is 19.4. The number of amides is 1. The van der Waals surface area contributed by atoms with E-state index in [-0.39, 0.29) is 6.61 Å². The second-order valence-corrected chi connectivity index (χ2v) is 3.85. The Morgan fingerprint density at radius 2 is 2.21 bits per heavy atom. The first-order valence-electron chi connectivity index (χ1n) is 5.40. The maximum atomic E-state index is 13.0. The lowest BCUT2D eigenvalue weighted by molar-refractivity contribution is -0.271. The molecule has 0 spiro atoms. The molecule has 0 aliphatic heterocycles. The average molecular weight is 281 g/mol. The molecule has 0 bridgehead atoms. The van der Waals surface area contributed by atoms with E-state index < -0.39 is 29.9 Å². The zero-order chi connectivity index (χ0) is 14.7. The van der Waals surface area contributed by atoms with Gasteiger partial charge >= 0.3 is 6.18 Å². The molecule has 9 heteroatoms. The van der Waals surface area contributed by atoms with Crippen LogP contribution in [0.5, 0.6) is 0 Å². The highest BCUT2D eigenvalue weighted by Crippen LogP contribution is 2.40. The van der Waals surface area contributed by atoms with Crippen molar-refractivity contribution in [2.45, 2.75) is 25.1 Å². The number of hydrogen-bond donors (Lipinski definition) is 2. The molecule has 0 aliphatic rings. The van der Waals surface area contributed by atoms with Gasteiger partial charge in [-0.1, -0.05) is 0 Å². The summed E-state index contributed by atoms with van der Waals surface area (Å²) in [6, 6.07) is 0. The van der Waals surface area contributed by atoms with Gasteiger partial charge in [-0.3, -0.25) is 9.63 Å². The molecule has 1 aromatic rings. The van der Waals surface area contributed by atoms with E-state index in [9.17, 15) is 23.1 Å². The highest BCUT2D eigenvalue weighted by molar-refractivity contribution is 5.76. The normalized spacial score (nSPS) is 15.1. The number of carbonyl (C=O) groups excluding carboxylic acids is 1. The Labute approximate surface area is 107 Å². The Bertz CT molecular complexity index is 447. The summed E-state index contributed by atoms with van der Waals surface area (Å²) < 4.78 is 40.0. The molecule has 0 saturated heterocycles. The number of hydrogen-bond acceptors (Lipinski definition) is 4. The van der Waals surface area contributed by atoms with E-state index in [1.807, 2.05) is 0 Å². The van der Waals surface area contributed by atoms with Crippen molar-refractivity contribution < 1.29 is 27.9 Å². The first-order chi connectivity index (χ1) is 8.72. The molecule has 108 valence electrons. The second-order valence-electron chi connectivity index (χ2n) is 3.85. The third-order valence-electron chi connectivity index (χ3n) is 2.41. The lowest BCUT2D eigenvalue weighted by Gasteiger charge is -2.29. The smallest absolute Gasteiger partial charge is 0.374 e. The molecule has 0 fully saturated rings. The molecule has 0 unspecified atom stereocenters. The molecule has 19 heavy (non-hydrogen) atoms. The van der Waals surface area contributed by atoms with Crippen LogP contribution in [0.4, 0.5) is 13.2 Å². The molecular formula is C10H14F3N3O3. The lowest BCUT2D eigenvalue weighted by Crippen LogP contribution is -2.47. The van der Waals surface area contributed by atoms with Crippen molar-refractivity contribution in [1.29, 1.82) is 0 Å². The molecule has 1 aromatic heterocycles. The Balaban J connectivity index is 3.02. The third-order valence-corrected chi connectivity index (χ3v) is 2.41. The van der Waals surface area contributed by atoms with Crippen LogP contribution in [0, 0.1) is 0 Å². The largest absolute Gasteiger partial charge is 0.425 e. The fraction of sp³-hybridized carbons (Fsp3) is 0.600. The van der Waals surface area contributed by atoms with Gasteiger partial charge in [-0.25, -0.2) is 10.5 Å². The number of nitrogens with zero attached hydrogens (tertiary/aromatic N) is 2. The van der Waals surface area contributed by atoms with Crippen molar-refractivity contribution in [3.8, 4) is 0 Å². The topological polar surface area (TPSA) is 76.4 Å². The van der Waals surface area contributed by atoms with Gasteiger partial charge in [-0.15, -0.1) is 0 Å². The van der Waals surface area contributed by atoms with Crippen LogP contribution >= 0.6 is 0 Å². The molecule has 6 nitrogen and oxygen atoms in total. The number of halogens is 3. The van der Waals surface area contributed by atoms with Gasteiger partial charge in [0.15, 0.2) is 5.82 Å². The molecular weight excluding hydrogens is 267 g/mol. The van der Waals surface area contributed by atoms with Crippen LogP contribution in [-0.2, 0) is 22.3 Å². The van der Waals surface area contributed by atoms with E-state index >= 15 is 0 Å². The lowest BCUT2D eigenvalue weighted by atomic mass is 9.97. The first kappa shape index (κ1) is 15.4. The van der Waals surface area contributed by atoms with Crippen LogP contribution in [0.2, 0.25) is 0 Å².